The second-order valence-corrected chi connectivity index (χ2v) is 7.31. The molecule has 20 heavy (non-hydrogen) atoms. The number of carbonyl (C=O) groups excluding carboxylic acids is 2. The van der Waals surface area contributed by atoms with E-state index >= 15 is 0 Å². The first kappa shape index (κ1) is 17.0. The van der Waals surface area contributed by atoms with Crippen molar-refractivity contribution >= 4 is 11.8 Å². The molecule has 4 heteroatoms. The fourth-order valence-corrected chi connectivity index (χ4v) is 3.64. The summed E-state index contributed by atoms with van der Waals surface area (Å²) in [5.74, 6) is 0.219. The van der Waals surface area contributed by atoms with Crippen molar-refractivity contribution in [3.8, 4) is 0 Å². The molecule has 0 heterocycles. The molecule has 2 atom stereocenters. The van der Waals surface area contributed by atoms with Crippen LogP contribution >= 0.6 is 0 Å². The van der Waals surface area contributed by atoms with Gasteiger partial charge in [-0.15, -0.1) is 0 Å². The summed E-state index contributed by atoms with van der Waals surface area (Å²) in [6.07, 6.45) is 4.07. The number of hydrogen-bond donors (Lipinski definition) is 2. The van der Waals surface area contributed by atoms with Crippen molar-refractivity contribution in [1.82, 2.24) is 10.6 Å². The highest BCUT2D eigenvalue weighted by atomic mass is 16.2. The van der Waals surface area contributed by atoms with E-state index in [1.807, 2.05) is 13.8 Å². The van der Waals surface area contributed by atoms with Gasteiger partial charge in [-0.1, -0.05) is 34.6 Å². The third-order valence-electron chi connectivity index (χ3n) is 4.16. The third-order valence-corrected chi connectivity index (χ3v) is 4.16. The molecule has 2 unspecified atom stereocenters. The maximum Gasteiger partial charge on any atom is 0.219 e. The van der Waals surface area contributed by atoms with Gasteiger partial charge in [0, 0.05) is 25.4 Å². The predicted molar refractivity (Wildman–Crippen MR) is 81.3 cm³/mol. The lowest BCUT2D eigenvalue weighted by Gasteiger charge is -2.47. The van der Waals surface area contributed by atoms with E-state index < -0.39 is 0 Å². The number of carbonyl (C=O) groups is 2. The molecule has 1 aliphatic carbocycles. The van der Waals surface area contributed by atoms with E-state index in [4.69, 9.17) is 0 Å². The highest BCUT2D eigenvalue weighted by molar-refractivity contribution is 5.76. The number of hydrogen-bond acceptors (Lipinski definition) is 2. The quantitative estimate of drug-likeness (QED) is 0.814. The summed E-state index contributed by atoms with van der Waals surface area (Å²) in [5.41, 5.74) is 0.244. The van der Waals surface area contributed by atoms with Crippen LogP contribution in [-0.4, -0.2) is 24.4 Å². The Labute approximate surface area is 123 Å². The molecule has 0 radical (unpaired) electrons. The Bertz CT molecular complexity index is 365. The van der Waals surface area contributed by atoms with Gasteiger partial charge in [-0.05, 0) is 30.1 Å². The molecule has 116 valence electrons. The third kappa shape index (κ3) is 5.14. The molecule has 1 aliphatic rings. The van der Waals surface area contributed by atoms with Crippen molar-refractivity contribution in [2.24, 2.45) is 10.8 Å². The Hall–Kier alpha value is -1.06. The molecule has 0 aliphatic heterocycles. The van der Waals surface area contributed by atoms with E-state index in [0.29, 0.717) is 19.4 Å². The van der Waals surface area contributed by atoms with Crippen molar-refractivity contribution < 1.29 is 9.59 Å². The van der Waals surface area contributed by atoms with E-state index in [1.54, 1.807) is 0 Å². The van der Waals surface area contributed by atoms with E-state index in [0.717, 1.165) is 19.3 Å². The van der Waals surface area contributed by atoms with Gasteiger partial charge < -0.3 is 10.6 Å². The summed E-state index contributed by atoms with van der Waals surface area (Å²) < 4.78 is 0. The largest absolute Gasteiger partial charge is 0.356 e. The lowest BCUT2D eigenvalue weighted by molar-refractivity contribution is -0.123. The fraction of sp³-hybridized carbons (Fsp3) is 0.875. The Morgan fingerprint density at radius 3 is 2.20 bits per heavy atom. The van der Waals surface area contributed by atoms with Gasteiger partial charge in [0.1, 0.15) is 0 Å². The molecule has 2 amide bonds. The minimum atomic E-state index is 0.0538. The van der Waals surface area contributed by atoms with Crippen LogP contribution in [0.2, 0.25) is 0 Å². The molecule has 1 rings (SSSR count). The molecule has 0 aromatic heterocycles. The smallest absolute Gasteiger partial charge is 0.219 e. The van der Waals surface area contributed by atoms with Crippen molar-refractivity contribution in [1.29, 1.82) is 0 Å². The second kappa shape index (κ2) is 6.59. The van der Waals surface area contributed by atoms with Gasteiger partial charge in [-0.25, -0.2) is 0 Å². The normalized spacial score (nSPS) is 28.8. The maximum atomic E-state index is 11.6. The van der Waals surface area contributed by atoms with E-state index in [1.165, 1.54) is 0 Å². The van der Waals surface area contributed by atoms with Crippen LogP contribution in [0.5, 0.6) is 0 Å². The highest BCUT2D eigenvalue weighted by Crippen LogP contribution is 2.45. The summed E-state index contributed by atoms with van der Waals surface area (Å²) in [7, 11) is 0. The standard InChI is InChI=1S/C16H30N2O2/c1-6-13(19)17-11-16(5)9-12(18-14(20)7-2)8-15(3,4)10-16/h12H,6-11H2,1-5H3,(H,17,19)(H,18,20). The van der Waals surface area contributed by atoms with Crippen molar-refractivity contribution in [3.05, 3.63) is 0 Å². The minimum Gasteiger partial charge on any atom is -0.356 e. The van der Waals surface area contributed by atoms with Gasteiger partial charge in [0.05, 0.1) is 0 Å². The first-order valence-electron chi connectivity index (χ1n) is 7.76. The summed E-state index contributed by atoms with van der Waals surface area (Å²) in [6, 6.07) is 0.217. The maximum absolute atomic E-state index is 11.6. The Kier molecular flexibility index (Phi) is 5.60. The molecule has 0 spiro atoms. The van der Waals surface area contributed by atoms with Gasteiger partial charge >= 0.3 is 0 Å². The molecule has 0 aromatic carbocycles. The molecular weight excluding hydrogens is 252 g/mol. The lowest BCUT2D eigenvalue weighted by atomic mass is 9.62. The second-order valence-electron chi connectivity index (χ2n) is 7.31. The summed E-state index contributed by atoms with van der Waals surface area (Å²) >= 11 is 0. The average molecular weight is 282 g/mol. The topological polar surface area (TPSA) is 58.2 Å². The molecular formula is C16H30N2O2. The molecule has 0 saturated heterocycles. The first-order chi connectivity index (χ1) is 9.19. The van der Waals surface area contributed by atoms with Crippen molar-refractivity contribution in [2.75, 3.05) is 6.54 Å². The minimum absolute atomic E-state index is 0.0538. The van der Waals surface area contributed by atoms with Gasteiger partial charge in [-0.3, -0.25) is 9.59 Å². The van der Waals surface area contributed by atoms with Crippen LogP contribution in [0.15, 0.2) is 0 Å². The van der Waals surface area contributed by atoms with E-state index in [-0.39, 0.29) is 28.7 Å². The molecule has 4 nitrogen and oxygen atoms in total. The Morgan fingerprint density at radius 2 is 1.65 bits per heavy atom. The number of nitrogens with one attached hydrogen (secondary N) is 2. The zero-order valence-electron chi connectivity index (χ0n) is 13.6. The van der Waals surface area contributed by atoms with Crippen LogP contribution in [0.3, 0.4) is 0 Å². The fourth-order valence-electron chi connectivity index (χ4n) is 3.64. The van der Waals surface area contributed by atoms with Crippen LogP contribution in [0.25, 0.3) is 0 Å². The molecule has 1 fully saturated rings. The summed E-state index contributed by atoms with van der Waals surface area (Å²) in [4.78, 5) is 23.1. The van der Waals surface area contributed by atoms with Crippen molar-refractivity contribution in [2.45, 2.75) is 72.8 Å². The SMILES string of the molecule is CCC(=O)NCC1(C)CC(NC(=O)CC)CC(C)(C)C1. The van der Waals surface area contributed by atoms with Crippen LogP contribution in [-0.2, 0) is 9.59 Å². The zero-order chi connectivity index (χ0) is 15.4. The summed E-state index contributed by atoms with van der Waals surface area (Å²) in [6.45, 7) is 11.2. The molecule has 0 bridgehead atoms. The lowest BCUT2D eigenvalue weighted by Crippen LogP contribution is -2.50. The van der Waals surface area contributed by atoms with Crippen molar-refractivity contribution in [3.63, 3.8) is 0 Å². The highest BCUT2D eigenvalue weighted by Gasteiger charge is 2.41. The number of amides is 2. The van der Waals surface area contributed by atoms with Crippen LogP contribution in [0.1, 0.15) is 66.7 Å². The number of rotatable bonds is 5. The predicted octanol–water partition coefficient (Wildman–Crippen LogP) is 2.62. The average Bonchev–Trinajstić information content (AvgIpc) is 2.33. The first-order valence-corrected chi connectivity index (χ1v) is 7.76. The molecule has 1 saturated carbocycles. The van der Waals surface area contributed by atoms with Crippen LogP contribution < -0.4 is 10.6 Å². The van der Waals surface area contributed by atoms with Gasteiger partial charge in [-0.2, -0.15) is 0 Å². The van der Waals surface area contributed by atoms with Gasteiger partial charge in [0.2, 0.25) is 11.8 Å². The summed E-state index contributed by atoms with van der Waals surface area (Å²) in [5, 5.41) is 6.15. The van der Waals surface area contributed by atoms with Crippen LogP contribution in [0.4, 0.5) is 0 Å². The zero-order valence-corrected chi connectivity index (χ0v) is 13.6. The molecule has 0 aromatic rings. The van der Waals surface area contributed by atoms with E-state index in [9.17, 15) is 9.59 Å². The Morgan fingerprint density at radius 1 is 1.05 bits per heavy atom. The van der Waals surface area contributed by atoms with Crippen LogP contribution in [0, 0.1) is 10.8 Å². The Balaban J connectivity index is 2.70. The van der Waals surface area contributed by atoms with Gasteiger partial charge in [0.25, 0.3) is 0 Å². The molecule has 2 N–H and O–H groups in total. The van der Waals surface area contributed by atoms with E-state index in [2.05, 4.69) is 31.4 Å². The monoisotopic (exact) mass is 282 g/mol. The van der Waals surface area contributed by atoms with Gasteiger partial charge in [0.15, 0.2) is 0 Å².